The lowest BCUT2D eigenvalue weighted by Crippen LogP contribution is -2.32. The number of amides is 1. The third-order valence-electron chi connectivity index (χ3n) is 4.83. The summed E-state index contributed by atoms with van der Waals surface area (Å²) in [6.45, 7) is 5.48. The van der Waals surface area contributed by atoms with Gasteiger partial charge in [-0.1, -0.05) is 24.3 Å². The highest BCUT2D eigenvalue weighted by molar-refractivity contribution is 5.95. The monoisotopic (exact) mass is 375 g/mol. The molecule has 4 rings (SSSR count). The molecule has 0 saturated heterocycles. The Balaban J connectivity index is 1.66. The van der Waals surface area contributed by atoms with Gasteiger partial charge in [0, 0.05) is 18.5 Å². The van der Waals surface area contributed by atoms with Crippen LogP contribution in [0.15, 0.2) is 53.3 Å². The van der Waals surface area contributed by atoms with Crippen LogP contribution < -0.4 is 10.7 Å². The van der Waals surface area contributed by atoms with Gasteiger partial charge >= 0.3 is 0 Å². The van der Waals surface area contributed by atoms with Crippen molar-refractivity contribution in [1.29, 1.82) is 0 Å². The molecule has 0 spiro atoms. The van der Waals surface area contributed by atoms with Crippen molar-refractivity contribution in [1.82, 2.24) is 24.6 Å². The van der Waals surface area contributed by atoms with E-state index in [9.17, 15) is 9.59 Å². The summed E-state index contributed by atoms with van der Waals surface area (Å²) < 4.78 is 3.72. The Morgan fingerprint density at radius 1 is 1.00 bits per heavy atom. The number of imidazole rings is 1. The minimum absolute atomic E-state index is 0.0975. The van der Waals surface area contributed by atoms with Crippen LogP contribution in [0.2, 0.25) is 0 Å². The van der Waals surface area contributed by atoms with Gasteiger partial charge < -0.3 is 9.88 Å². The van der Waals surface area contributed by atoms with E-state index in [1.165, 1.54) is 0 Å². The Hall–Kier alpha value is -3.48. The van der Waals surface area contributed by atoms with Crippen molar-refractivity contribution in [2.24, 2.45) is 0 Å². The van der Waals surface area contributed by atoms with E-state index in [2.05, 4.69) is 15.4 Å². The van der Waals surface area contributed by atoms with E-state index in [-0.39, 0.29) is 17.7 Å². The van der Waals surface area contributed by atoms with Gasteiger partial charge in [0.25, 0.3) is 5.91 Å². The normalized spacial score (nSPS) is 11.2. The lowest BCUT2D eigenvalue weighted by atomic mass is 10.2. The quantitative estimate of drug-likeness (QED) is 0.581. The van der Waals surface area contributed by atoms with Crippen LogP contribution in [0.3, 0.4) is 0 Å². The largest absolute Gasteiger partial charge is 0.343 e. The highest BCUT2D eigenvalue weighted by Gasteiger charge is 2.18. The first kappa shape index (κ1) is 17.9. The number of hydrogen-bond donors (Lipinski definition) is 1. The highest BCUT2D eigenvalue weighted by Crippen LogP contribution is 2.16. The Kier molecular flexibility index (Phi) is 4.65. The standard InChI is InChI=1S/C21H21N5O2/c1-3-25-17-12-8-6-10-15(17)23-18(25)13-22-21(28)19-20(27)14-9-5-7-11-16(14)26(4-2)24-19/h5-12H,3-4,13H2,1-2H3,(H,22,28). The molecule has 0 aliphatic carbocycles. The molecule has 0 unspecified atom stereocenters. The maximum absolute atomic E-state index is 12.8. The number of hydrogen-bond acceptors (Lipinski definition) is 4. The molecule has 0 atom stereocenters. The second-order valence-corrected chi connectivity index (χ2v) is 6.45. The summed E-state index contributed by atoms with van der Waals surface area (Å²) in [5, 5.41) is 7.58. The number of fused-ring (bicyclic) bond motifs is 2. The van der Waals surface area contributed by atoms with Crippen molar-refractivity contribution in [3.8, 4) is 0 Å². The van der Waals surface area contributed by atoms with E-state index in [0.717, 1.165) is 28.9 Å². The lowest BCUT2D eigenvalue weighted by molar-refractivity contribution is 0.0941. The fraction of sp³-hybridized carbons (Fsp3) is 0.238. The van der Waals surface area contributed by atoms with Crippen LogP contribution in [-0.2, 0) is 19.6 Å². The Bertz CT molecular complexity index is 1240. The molecule has 1 N–H and O–H groups in total. The lowest BCUT2D eigenvalue weighted by Gasteiger charge is -2.11. The fourth-order valence-corrected chi connectivity index (χ4v) is 3.48. The second kappa shape index (κ2) is 7.26. The number of aryl methyl sites for hydroxylation is 2. The van der Waals surface area contributed by atoms with Crippen molar-refractivity contribution in [2.75, 3.05) is 0 Å². The topological polar surface area (TPSA) is 81.8 Å². The Morgan fingerprint density at radius 2 is 1.71 bits per heavy atom. The third kappa shape index (κ3) is 2.94. The summed E-state index contributed by atoms with van der Waals surface area (Å²) in [6.07, 6.45) is 0. The average Bonchev–Trinajstić information content (AvgIpc) is 3.10. The summed E-state index contributed by atoms with van der Waals surface area (Å²) in [5.74, 6) is 0.251. The van der Waals surface area contributed by atoms with Crippen molar-refractivity contribution < 1.29 is 4.79 Å². The number of benzene rings is 2. The van der Waals surface area contributed by atoms with Crippen LogP contribution in [-0.4, -0.2) is 25.2 Å². The number of aromatic nitrogens is 4. The van der Waals surface area contributed by atoms with E-state index >= 15 is 0 Å². The number of para-hydroxylation sites is 3. The zero-order valence-electron chi connectivity index (χ0n) is 15.8. The van der Waals surface area contributed by atoms with Gasteiger partial charge in [0.1, 0.15) is 5.82 Å². The minimum Gasteiger partial charge on any atom is -0.343 e. The molecule has 0 fully saturated rings. The number of carbonyl (C=O) groups is 1. The second-order valence-electron chi connectivity index (χ2n) is 6.45. The molecule has 0 aliphatic heterocycles. The molecular formula is C21H21N5O2. The van der Waals surface area contributed by atoms with Gasteiger partial charge in [0.05, 0.1) is 23.1 Å². The molecule has 142 valence electrons. The van der Waals surface area contributed by atoms with Gasteiger partial charge in [0.2, 0.25) is 5.43 Å². The van der Waals surface area contributed by atoms with Crippen LogP contribution in [0.1, 0.15) is 30.2 Å². The average molecular weight is 375 g/mol. The number of nitrogens with zero attached hydrogens (tertiary/aromatic N) is 4. The zero-order valence-corrected chi connectivity index (χ0v) is 15.8. The molecular weight excluding hydrogens is 354 g/mol. The van der Waals surface area contributed by atoms with E-state index in [4.69, 9.17) is 0 Å². The van der Waals surface area contributed by atoms with Gasteiger partial charge in [-0.05, 0) is 38.1 Å². The molecule has 7 nitrogen and oxygen atoms in total. The van der Waals surface area contributed by atoms with Crippen LogP contribution >= 0.6 is 0 Å². The first-order valence-corrected chi connectivity index (χ1v) is 9.36. The molecule has 0 saturated carbocycles. The Morgan fingerprint density at radius 3 is 2.46 bits per heavy atom. The molecule has 2 aromatic heterocycles. The summed E-state index contributed by atoms with van der Waals surface area (Å²) >= 11 is 0. The summed E-state index contributed by atoms with van der Waals surface area (Å²) in [4.78, 5) is 30.1. The van der Waals surface area contributed by atoms with Crippen molar-refractivity contribution in [3.63, 3.8) is 0 Å². The zero-order chi connectivity index (χ0) is 19.7. The van der Waals surface area contributed by atoms with E-state index < -0.39 is 5.91 Å². The molecule has 2 heterocycles. The van der Waals surface area contributed by atoms with Gasteiger partial charge in [-0.15, -0.1) is 0 Å². The smallest absolute Gasteiger partial charge is 0.276 e. The predicted octanol–water partition coefficient (Wildman–Crippen LogP) is 2.72. The van der Waals surface area contributed by atoms with Gasteiger partial charge in [0.15, 0.2) is 5.69 Å². The van der Waals surface area contributed by atoms with Crippen molar-refractivity contribution in [2.45, 2.75) is 33.5 Å². The van der Waals surface area contributed by atoms with Crippen LogP contribution in [0.25, 0.3) is 21.9 Å². The molecule has 0 radical (unpaired) electrons. The van der Waals surface area contributed by atoms with Gasteiger partial charge in [-0.3, -0.25) is 14.3 Å². The maximum atomic E-state index is 12.8. The molecule has 7 heteroatoms. The fourth-order valence-electron chi connectivity index (χ4n) is 3.48. The molecule has 28 heavy (non-hydrogen) atoms. The third-order valence-corrected chi connectivity index (χ3v) is 4.83. The summed E-state index contributed by atoms with van der Waals surface area (Å²) in [5.41, 5.74) is 2.16. The highest BCUT2D eigenvalue weighted by atomic mass is 16.2. The van der Waals surface area contributed by atoms with E-state index in [0.29, 0.717) is 11.9 Å². The number of nitrogens with one attached hydrogen (secondary N) is 1. The number of carbonyl (C=O) groups excluding carboxylic acids is 1. The Labute approximate surface area is 161 Å². The number of rotatable bonds is 5. The molecule has 0 bridgehead atoms. The van der Waals surface area contributed by atoms with E-state index in [1.807, 2.05) is 54.8 Å². The van der Waals surface area contributed by atoms with Crippen molar-refractivity contribution in [3.05, 3.63) is 70.3 Å². The first-order chi connectivity index (χ1) is 13.6. The van der Waals surface area contributed by atoms with E-state index in [1.54, 1.807) is 16.8 Å². The van der Waals surface area contributed by atoms with Crippen LogP contribution in [0.5, 0.6) is 0 Å². The van der Waals surface area contributed by atoms with Crippen molar-refractivity contribution >= 4 is 27.8 Å². The first-order valence-electron chi connectivity index (χ1n) is 9.36. The molecule has 1 amide bonds. The minimum atomic E-state index is -0.493. The molecule has 2 aromatic carbocycles. The van der Waals surface area contributed by atoms with Crippen LogP contribution in [0.4, 0.5) is 0 Å². The molecule has 0 aliphatic rings. The predicted molar refractivity (Wildman–Crippen MR) is 108 cm³/mol. The van der Waals surface area contributed by atoms with Crippen LogP contribution in [0, 0.1) is 0 Å². The maximum Gasteiger partial charge on any atom is 0.276 e. The van der Waals surface area contributed by atoms with Gasteiger partial charge in [-0.2, -0.15) is 5.10 Å². The summed E-state index contributed by atoms with van der Waals surface area (Å²) in [6, 6.07) is 15.0. The summed E-state index contributed by atoms with van der Waals surface area (Å²) in [7, 11) is 0. The molecule has 4 aromatic rings. The van der Waals surface area contributed by atoms with Gasteiger partial charge in [-0.25, -0.2) is 4.98 Å². The SMILES string of the molecule is CCn1nc(C(=O)NCc2nc3ccccc3n2CC)c(=O)c2ccccc21.